The van der Waals surface area contributed by atoms with Crippen molar-refractivity contribution in [3.05, 3.63) is 70.8 Å². The highest BCUT2D eigenvalue weighted by Crippen LogP contribution is 2.21. The zero-order valence-corrected chi connectivity index (χ0v) is 11.4. The minimum atomic E-state index is -0.328. The SMILES string of the molecule is Cn1c(-c2ccncc2)c(C=O)c(=O)n1-c1ccccc1. The van der Waals surface area contributed by atoms with E-state index in [2.05, 4.69) is 4.98 Å². The zero-order valence-electron chi connectivity index (χ0n) is 11.4. The molecule has 0 N–H and O–H groups in total. The summed E-state index contributed by atoms with van der Waals surface area (Å²) in [4.78, 5) is 27.8. The van der Waals surface area contributed by atoms with Crippen molar-refractivity contribution in [1.82, 2.24) is 14.3 Å². The van der Waals surface area contributed by atoms with Crippen LogP contribution in [0.3, 0.4) is 0 Å². The van der Waals surface area contributed by atoms with Crippen molar-refractivity contribution in [3.63, 3.8) is 0 Å². The molecule has 2 heterocycles. The van der Waals surface area contributed by atoms with E-state index in [4.69, 9.17) is 0 Å². The molecule has 0 radical (unpaired) electrons. The minimum Gasteiger partial charge on any atom is -0.298 e. The third-order valence-electron chi connectivity index (χ3n) is 3.37. The molecule has 2 aromatic heterocycles. The molecule has 3 rings (SSSR count). The van der Waals surface area contributed by atoms with Gasteiger partial charge in [-0.15, -0.1) is 0 Å². The van der Waals surface area contributed by atoms with Crippen LogP contribution in [0.1, 0.15) is 10.4 Å². The first-order valence-corrected chi connectivity index (χ1v) is 6.47. The minimum absolute atomic E-state index is 0.146. The van der Waals surface area contributed by atoms with Crippen LogP contribution in [0.15, 0.2) is 59.7 Å². The Hall–Kier alpha value is -2.95. The highest BCUT2D eigenvalue weighted by Gasteiger charge is 2.19. The Morgan fingerprint density at radius 1 is 1.05 bits per heavy atom. The standard InChI is InChI=1S/C16H13N3O2/c1-18-15(12-7-9-17-10-8-12)14(11-20)16(21)19(18)13-5-3-2-4-6-13/h2-11H,1H3. The molecule has 5 heteroatoms. The van der Waals surface area contributed by atoms with Gasteiger partial charge in [-0.2, -0.15) is 0 Å². The van der Waals surface area contributed by atoms with Gasteiger partial charge in [-0.3, -0.25) is 19.3 Å². The number of benzene rings is 1. The fraction of sp³-hybridized carbons (Fsp3) is 0.0625. The fourth-order valence-corrected chi connectivity index (χ4v) is 2.44. The molecule has 0 aliphatic rings. The molecule has 0 aliphatic carbocycles. The van der Waals surface area contributed by atoms with Crippen molar-refractivity contribution in [2.45, 2.75) is 0 Å². The van der Waals surface area contributed by atoms with E-state index in [9.17, 15) is 9.59 Å². The molecule has 0 saturated carbocycles. The maximum atomic E-state index is 12.5. The van der Waals surface area contributed by atoms with E-state index in [1.165, 1.54) is 4.68 Å². The molecular weight excluding hydrogens is 266 g/mol. The Labute approximate surface area is 121 Å². The molecule has 0 saturated heterocycles. The van der Waals surface area contributed by atoms with E-state index in [0.717, 1.165) is 5.56 Å². The second-order valence-corrected chi connectivity index (χ2v) is 4.59. The zero-order chi connectivity index (χ0) is 14.8. The van der Waals surface area contributed by atoms with Crippen LogP contribution in [-0.2, 0) is 7.05 Å². The summed E-state index contributed by atoms with van der Waals surface area (Å²) < 4.78 is 3.18. The number of aldehydes is 1. The lowest BCUT2D eigenvalue weighted by Gasteiger charge is -2.09. The normalized spacial score (nSPS) is 10.5. The smallest absolute Gasteiger partial charge is 0.282 e. The summed E-state index contributed by atoms with van der Waals surface area (Å²) in [6.07, 6.45) is 3.88. The van der Waals surface area contributed by atoms with Crippen LogP contribution < -0.4 is 5.56 Å². The number of nitrogens with zero attached hydrogens (tertiary/aromatic N) is 3. The Kier molecular flexibility index (Phi) is 3.23. The number of hydrogen-bond donors (Lipinski definition) is 0. The highest BCUT2D eigenvalue weighted by molar-refractivity contribution is 5.85. The van der Waals surface area contributed by atoms with Gasteiger partial charge < -0.3 is 0 Å². The van der Waals surface area contributed by atoms with Gasteiger partial charge in [-0.05, 0) is 24.3 Å². The summed E-state index contributed by atoms with van der Waals surface area (Å²) >= 11 is 0. The number of hydrogen-bond acceptors (Lipinski definition) is 3. The largest absolute Gasteiger partial charge is 0.298 e. The molecule has 0 fully saturated rings. The van der Waals surface area contributed by atoms with Crippen molar-refractivity contribution in [2.24, 2.45) is 7.05 Å². The molecule has 1 aromatic carbocycles. The number of aromatic nitrogens is 3. The molecule has 0 aliphatic heterocycles. The molecular formula is C16H13N3O2. The molecule has 0 atom stereocenters. The van der Waals surface area contributed by atoms with Crippen molar-refractivity contribution in [1.29, 1.82) is 0 Å². The van der Waals surface area contributed by atoms with E-state index in [0.29, 0.717) is 17.7 Å². The van der Waals surface area contributed by atoms with Crippen LogP contribution in [0, 0.1) is 0 Å². The van der Waals surface area contributed by atoms with E-state index >= 15 is 0 Å². The van der Waals surface area contributed by atoms with Gasteiger partial charge in [0.05, 0.1) is 11.4 Å². The summed E-state index contributed by atoms with van der Waals surface area (Å²) in [7, 11) is 1.76. The van der Waals surface area contributed by atoms with E-state index in [-0.39, 0.29) is 11.1 Å². The van der Waals surface area contributed by atoms with Gasteiger partial charge in [0.25, 0.3) is 5.56 Å². The lowest BCUT2D eigenvalue weighted by atomic mass is 10.1. The summed E-state index contributed by atoms with van der Waals surface area (Å²) in [6.45, 7) is 0. The van der Waals surface area contributed by atoms with Crippen molar-refractivity contribution in [3.8, 4) is 16.9 Å². The molecule has 0 bridgehead atoms. The van der Waals surface area contributed by atoms with Crippen LogP contribution in [0.2, 0.25) is 0 Å². The Morgan fingerprint density at radius 2 is 1.71 bits per heavy atom. The third kappa shape index (κ3) is 2.08. The lowest BCUT2D eigenvalue weighted by Crippen LogP contribution is -2.20. The molecule has 0 spiro atoms. The van der Waals surface area contributed by atoms with Crippen LogP contribution >= 0.6 is 0 Å². The van der Waals surface area contributed by atoms with Gasteiger partial charge in [0, 0.05) is 25.0 Å². The number of para-hydroxylation sites is 1. The van der Waals surface area contributed by atoms with E-state index in [1.807, 2.05) is 30.3 Å². The van der Waals surface area contributed by atoms with Crippen molar-refractivity contribution < 1.29 is 4.79 Å². The van der Waals surface area contributed by atoms with Gasteiger partial charge in [-0.1, -0.05) is 18.2 Å². The topological polar surface area (TPSA) is 56.9 Å². The maximum Gasteiger partial charge on any atom is 0.282 e. The van der Waals surface area contributed by atoms with Gasteiger partial charge >= 0.3 is 0 Å². The predicted octanol–water partition coefficient (Wildman–Crippen LogP) is 2.05. The summed E-state index contributed by atoms with van der Waals surface area (Å²) in [5.74, 6) is 0. The summed E-state index contributed by atoms with van der Waals surface area (Å²) in [5, 5.41) is 0. The molecule has 0 unspecified atom stereocenters. The Morgan fingerprint density at radius 3 is 2.33 bits per heavy atom. The summed E-state index contributed by atoms with van der Waals surface area (Å²) in [5.41, 5.74) is 1.90. The molecule has 21 heavy (non-hydrogen) atoms. The number of pyridine rings is 1. The molecule has 0 amide bonds. The monoisotopic (exact) mass is 279 g/mol. The quantitative estimate of drug-likeness (QED) is 0.689. The maximum absolute atomic E-state index is 12.5. The lowest BCUT2D eigenvalue weighted by molar-refractivity contribution is 0.112. The molecule has 3 aromatic rings. The van der Waals surface area contributed by atoms with E-state index < -0.39 is 0 Å². The molecule has 5 nitrogen and oxygen atoms in total. The first kappa shape index (κ1) is 13.1. The fourth-order valence-electron chi connectivity index (χ4n) is 2.44. The summed E-state index contributed by atoms with van der Waals surface area (Å²) in [6, 6.07) is 12.8. The Balaban J connectivity index is 2.33. The Bertz CT molecular complexity index is 833. The van der Waals surface area contributed by atoms with Gasteiger partial charge in [0.15, 0.2) is 6.29 Å². The van der Waals surface area contributed by atoms with E-state index in [1.54, 1.807) is 36.3 Å². The van der Waals surface area contributed by atoms with Crippen molar-refractivity contribution in [2.75, 3.05) is 0 Å². The van der Waals surface area contributed by atoms with Gasteiger partial charge in [0.1, 0.15) is 5.56 Å². The highest BCUT2D eigenvalue weighted by atomic mass is 16.1. The number of rotatable bonds is 3. The predicted molar refractivity (Wildman–Crippen MR) is 79.6 cm³/mol. The third-order valence-corrected chi connectivity index (χ3v) is 3.37. The first-order chi connectivity index (χ1) is 10.2. The van der Waals surface area contributed by atoms with Gasteiger partial charge in [0.2, 0.25) is 0 Å². The van der Waals surface area contributed by atoms with Crippen LogP contribution in [0.5, 0.6) is 0 Å². The first-order valence-electron chi connectivity index (χ1n) is 6.47. The van der Waals surface area contributed by atoms with Crippen LogP contribution in [0.25, 0.3) is 16.9 Å². The number of carbonyl (C=O) groups is 1. The average molecular weight is 279 g/mol. The van der Waals surface area contributed by atoms with Crippen LogP contribution in [0.4, 0.5) is 0 Å². The number of carbonyl (C=O) groups excluding carboxylic acids is 1. The van der Waals surface area contributed by atoms with Gasteiger partial charge in [-0.25, -0.2) is 4.68 Å². The second kappa shape index (κ2) is 5.20. The van der Waals surface area contributed by atoms with Crippen LogP contribution in [-0.4, -0.2) is 20.6 Å². The van der Waals surface area contributed by atoms with Crippen molar-refractivity contribution >= 4 is 6.29 Å². The second-order valence-electron chi connectivity index (χ2n) is 4.59. The average Bonchev–Trinajstić information content (AvgIpc) is 2.79. The molecule has 104 valence electrons.